The number of nitrogens with zero attached hydrogens (tertiary/aromatic N) is 4. The molecule has 0 atom stereocenters. The van der Waals surface area contributed by atoms with Crippen molar-refractivity contribution < 1.29 is 9.53 Å². The Morgan fingerprint density at radius 1 is 1.00 bits per heavy atom. The van der Waals surface area contributed by atoms with Crippen molar-refractivity contribution in [3.8, 4) is 29.4 Å². The maximum Gasteiger partial charge on any atom is 0.316 e. The molecule has 4 aromatic rings. The molecule has 4 rings (SSSR count). The molecule has 0 aliphatic heterocycles. The molecule has 0 saturated heterocycles. The zero-order chi connectivity index (χ0) is 25.3. The van der Waals surface area contributed by atoms with Gasteiger partial charge in [0.1, 0.15) is 30.2 Å². The van der Waals surface area contributed by atoms with Crippen LogP contribution in [0.15, 0.2) is 61.1 Å². The predicted octanol–water partition coefficient (Wildman–Crippen LogP) is 4.35. The molecule has 2 aromatic heterocycles. The van der Waals surface area contributed by atoms with Gasteiger partial charge in [0.2, 0.25) is 0 Å². The van der Waals surface area contributed by atoms with Crippen LogP contribution in [-0.4, -0.2) is 34.1 Å². The topological polar surface area (TPSA) is 125 Å². The van der Waals surface area contributed by atoms with Gasteiger partial charge in [0.05, 0.1) is 24.3 Å². The van der Waals surface area contributed by atoms with E-state index >= 15 is 0 Å². The third kappa shape index (κ3) is 6.25. The lowest BCUT2D eigenvalue weighted by molar-refractivity contribution is 0.243. The summed E-state index contributed by atoms with van der Waals surface area (Å²) >= 11 is 0. The lowest BCUT2D eigenvalue weighted by Gasteiger charge is -2.12. The fraction of sp³-hybridized carbons (Fsp3) is 0.148. The van der Waals surface area contributed by atoms with Gasteiger partial charge in [-0.15, -0.1) is 0 Å². The first-order valence-electron chi connectivity index (χ1n) is 11.1. The number of nitriles is 1. The Balaban J connectivity index is 1.48. The number of nitrogens with one attached hydrogen (secondary N) is 3. The molecule has 0 aliphatic rings. The maximum atomic E-state index is 11.5. The molecule has 0 unspecified atom stereocenters. The number of amides is 2. The molecule has 2 heterocycles. The summed E-state index contributed by atoms with van der Waals surface area (Å²) in [5, 5.41) is 17.6. The van der Waals surface area contributed by atoms with Crippen LogP contribution in [0.5, 0.6) is 11.5 Å². The number of carbonyl (C=O) groups excluding carboxylic acids is 1. The minimum absolute atomic E-state index is 0.0563. The molecule has 3 N–H and O–H groups in total. The Morgan fingerprint density at radius 3 is 2.64 bits per heavy atom. The van der Waals surface area contributed by atoms with Gasteiger partial charge in [0.25, 0.3) is 0 Å². The molecule has 0 spiro atoms. The fourth-order valence-electron chi connectivity index (χ4n) is 3.31. The van der Waals surface area contributed by atoms with Gasteiger partial charge in [0, 0.05) is 22.3 Å². The number of fused-ring (bicyclic) bond motifs is 1. The molecule has 2 aromatic carbocycles. The quantitative estimate of drug-likeness (QED) is 0.278. The SMILES string of the molecule is Cc1ccc(Oc2ccc(Nc3ncnc4ccc(C#CCNC(=O)NCC#N)cc34)cc2C)cn1. The van der Waals surface area contributed by atoms with Crippen molar-refractivity contribution in [3.05, 3.63) is 77.9 Å². The number of anilines is 2. The largest absolute Gasteiger partial charge is 0.455 e. The number of pyridine rings is 1. The maximum absolute atomic E-state index is 11.5. The summed E-state index contributed by atoms with van der Waals surface area (Å²) in [6.45, 7) is 4.00. The van der Waals surface area contributed by atoms with Crippen molar-refractivity contribution in [2.45, 2.75) is 13.8 Å². The van der Waals surface area contributed by atoms with Crippen LogP contribution in [0.25, 0.3) is 10.9 Å². The number of hydrogen-bond acceptors (Lipinski definition) is 7. The zero-order valence-corrected chi connectivity index (χ0v) is 19.8. The highest BCUT2D eigenvalue weighted by atomic mass is 16.5. The van der Waals surface area contributed by atoms with Crippen molar-refractivity contribution in [3.63, 3.8) is 0 Å². The monoisotopic (exact) mass is 477 g/mol. The standard InChI is InChI=1S/C27H23N7O2/c1-18-14-21(7-10-25(18)36-22-8-5-19(2)31-16-22)34-26-23-15-20(6-9-24(23)32-17-33-26)4-3-12-29-27(35)30-13-11-28/h5-10,14-17H,12-13H2,1-2H3,(H2,29,30,35)(H,32,33,34). The highest BCUT2D eigenvalue weighted by Crippen LogP contribution is 2.29. The normalized spacial score (nSPS) is 10.0. The molecule has 2 amide bonds. The molecule has 0 aliphatic carbocycles. The van der Waals surface area contributed by atoms with Crippen LogP contribution < -0.4 is 20.7 Å². The minimum Gasteiger partial charge on any atom is -0.455 e. The summed E-state index contributed by atoms with van der Waals surface area (Å²) < 4.78 is 5.96. The van der Waals surface area contributed by atoms with Crippen LogP contribution in [0.1, 0.15) is 16.8 Å². The molecular formula is C27H23N7O2. The summed E-state index contributed by atoms with van der Waals surface area (Å²) in [6.07, 6.45) is 3.21. The Hall–Kier alpha value is -5.15. The second-order valence-electron chi connectivity index (χ2n) is 7.79. The number of aryl methyl sites for hydroxylation is 2. The highest BCUT2D eigenvalue weighted by molar-refractivity contribution is 5.91. The van der Waals surface area contributed by atoms with Crippen LogP contribution in [0, 0.1) is 37.0 Å². The Bertz CT molecular complexity index is 1500. The van der Waals surface area contributed by atoms with E-state index in [9.17, 15) is 4.79 Å². The van der Waals surface area contributed by atoms with Gasteiger partial charge in [-0.2, -0.15) is 5.26 Å². The van der Waals surface area contributed by atoms with Crippen LogP contribution in [0.4, 0.5) is 16.3 Å². The lowest BCUT2D eigenvalue weighted by Crippen LogP contribution is -2.35. The van der Waals surface area contributed by atoms with E-state index in [-0.39, 0.29) is 13.1 Å². The van der Waals surface area contributed by atoms with Gasteiger partial charge in [0.15, 0.2) is 0 Å². The van der Waals surface area contributed by atoms with Gasteiger partial charge in [-0.3, -0.25) is 4.98 Å². The smallest absolute Gasteiger partial charge is 0.316 e. The van der Waals surface area contributed by atoms with Crippen molar-refractivity contribution in [1.29, 1.82) is 5.26 Å². The number of carbonyl (C=O) groups is 1. The zero-order valence-electron chi connectivity index (χ0n) is 19.8. The number of hydrogen-bond donors (Lipinski definition) is 3. The number of rotatable bonds is 6. The van der Waals surface area contributed by atoms with E-state index in [1.54, 1.807) is 6.20 Å². The van der Waals surface area contributed by atoms with E-state index in [0.29, 0.717) is 11.6 Å². The molecule has 0 radical (unpaired) electrons. The average Bonchev–Trinajstić information content (AvgIpc) is 2.88. The van der Waals surface area contributed by atoms with Crippen molar-refractivity contribution in [2.24, 2.45) is 0 Å². The van der Waals surface area contributed by atoms with Gasteiger partial charge < -0.3 is 20.7 Å². The predicted molar refractivity (Wildman–Crippen MR) is 137 cm³/mol. The first-order chi connectivity index (χ1) is 17.5. The average molecular weight is 478 g/mol. The first kappa shape index (κ1) is 24.0. The van der Waals surface area contributed by atoms with Crippen LogP contribution in [0.3, 0.4) is 0 Å². The van der Waals surface area contributed by atoms with E-state index in [4.69, 9.17) is 10.00 Å². The fourth-order valence-corrected chi connectivity index (χ4v) is 3.31. The molecule has 9 heteroatoms. The second kappa shape index (κ2) is 11.3. The Labute approximate surface area is 208 Å². The molecule has 0 saturated carbocycles. The van der Waals surface area contributed by atoms with E-state index in [1.165, 1.54) is 6.33 Å². The molecule has 0 fully saturated rings. The van der Waals surface area contributed by atoms with Crippen LogP contribution in [0.2, 0.25) is 0 Å². The van der Waals surface area contributed by atoms with Crippen molar-refractivity contribution in [2.75, 3.05) is 18.4 Å². The third-order valence-electron chi connectivity index (χ3n) is 5.08. The number of urea groups is 1. The van der Waals surface area contributed by atoms with Crippen molar-refractivity contribution in [1.82, 2.24) is 25.6 Å². The highest BCUT2D eigenvalue weighted by Gasteiger charge is 2.08. The van der Waals surface area contributed by atoms with Gasteiger partial charge >= 0.3 is 6.03 Å². The van der Waals surface area contributed by atoms with Gasteiger partial charge in [-0.05, 0) is 67.9 Å². The third-order valence-corrected chi connectivity index (χ3v) is 5.08. The Morgan fingerprint density at radius 2 is 1.86 bits per heavy atom. The molecule has 0 bridgehead atoms. The van der Waals surface area contributed by atoms with Crippen LogP contribution >= 0.6 is 0 Å². The minimum atomic E-state index is -0.438. The lowest BCUT2D eigenvalue weighted by atomic mass is 10.1. The van der Waals surface area contributed by atoms with Gasteiger partial charge in [-0.25, -0.2) is 14.8 Å². The first-order valence-corrected chi connectivity index (χ1v) is 11.1. The van der Waals surface area contributed by atoms with E-state index in [0.717, 1.165) is 39.2 Å². The molecular weight excluding hydrogens is 454 g/mol. The molecule has 36 heavy (non-hydrogen) atoms. The number of aromatic nitrogens is 3. The summed E-state index contributed by atoms with van der Waals surface area (Å²) in [6, 6.07) is 16.6. The second-order valence-corrected chi connectivity index (χ2v) is 7.79. The summed E-state index contributed by atoms with van der Waals surface area (Å²) in [5.74, 6) is 7.98. The molecule has 9 nitrogen and oxygen atoms in total. The van der Waals surface area contributed by atoms with E-state index < -0.39 is 6.03 Å². The van der Waals surface area contributed by atoms with E-state index in [2.05, 4.69) is 42.7 Å². The summed E-state index contributed by atoms with van der Waals surface area (Å²) in [4.78, 5) is 24.5. The van der Waals surface area contributed by atoms with Crippen molar-refractivity contribution >= 4 is 28.4 Å². The summed E-state index contributed by atoms with van der Waals surface area (Å²) in [5.41, 5.74) is 4.27. The Kier molecular flexibility index (Phi) is 7.54. The van der Waals surface area contributed by atoms with Crippen LogP contribution in [-0.2, 0) is 0 Å². The van der Waals surface area contributed by atoms with E-state index in [1.807, 2.05) is 68.4 Å². The number of benzene rings is 2. The number of ether oxygens (including phenoxy) is 1. The molecule has 178 valence electrons. The van der Waals surface area contributed by atoms with Gasteiger partial charge in [-0.1, -0.05) is 11.8 Å². The summed E-state index contributed by atoms with van der Waals surface area (Å²) in [7, 11) is 0.